The van der Waals surface area contributed by atoms with Gasteiger partial charge in [0.1, 0.15) is 0 Å². The van der Waals surface area contributed by atoms with Crippen molar-refractivity contribution in [2.75, 3.05) is 27.3 Å². The van der Waals surface area contributed by atoms with Crippen LogP contribution in [0.5, 0.6) is 0 Å². The van der Waals surface area contributed by atoms with Gasteiger partial charge in [0.2, 0.25) is 0 Å². The standard InChI is InChI=1S/C23H26N2O4/c1-15-6-7-18(16(2)12-15)14-24(3)21(26)17-8-9-19-20(13-17)23(28)25(22(19)27)10-5-11-29-4/h6-9,12-13H,5,10-11,14H2,1-4H3. The molecule has 0 saturated carbocycles. The number of benzene rings is 2. The number of rotatable bonds is 7. The summed E-state index contributed by atoms with van der Waals surface area (Å²) in [5.41, 5.74) is 4.42. The zero-order valence-corrected chi connectivity index (χ0v) is 17.3. The van der Waals surface area contributed by atoms with Gasteiger partial charge in [0.15, 0.2) is 0 Å². The summed E-state index contributed by atoms with van der Waals surface area (Å²) in [5, 5.41) is 0. The number of ether oxygens (including phenoxy) is 1. The maximum atomic E-state index is 12.9. The highest BCUT2D eigenvalue weighted by molar-refractivity contribution is 6.22. The number of methoxy groups -OCH3 is 1. The number of nitrogens with zero attached hydrogens (tertiary/aromatic N) is 2. The quantitative estimate of drug-likeness (QED) is 0.534. The van der Waals surface area contributed by atoms with Crippen molar-refractivity contribution >= 4 is 17.7 Å². The lowest BCUT2D eigenvalue weighted by molar-refractivity contribution is 0.0638. The largest absolute Gasteiger partial charge is 0.385 e. The predicted octanol–water partition coefficient (Wildman–Crippen LogP) is 3.21. The van der Waals surface area contributed by atoms with Crippen LogP contribution in [-0.4, -0.2) is 54.8 Å². The lowest BCUT2D eigenvalue weighted by atomic mass is 10.0. The van der Waals surface area contributed by atoms with Crippen LogP contribution >= 0.6 is 0 Å². The molecule has 3 amide bonds. The number of amides is 3. The van der Waals surface area contributed by atoms with E-state index in [1.54, 1.807) is 31.2 Å². The molecule has 0 saturated heterocycles. The van der Waals surface area contributed by atoms with Gasteiger partial charge in [0, 0.05) is 39.4 Å². The Morgan fingerprint density at radius 1 is 1.03 bits per heavy atom. The minimum atomic E-state index is -0.354. The van der Waals surface area contributed by atoms with Gasteiger partial charge in [0.25, 0.3) is 17.7 Å². The van der Waals surface area contributed by atoms with E-state index in [9.17, 15) is 14.4 Å². The van der Waals surface area contributed by atoms with E-state index < -0.39 is 0 Å². The maximum Gasteiger partial charge on any atom is 0.261 e. The first-order valence-corrected chi connectivity index (χ1v) is 9.64. The smallest absolute Gasteiger partial charge is 0.261 e. The fourth-order valence-corrected chi connectivity index (χ4v) is 3.56. The molecule has 0 fully saturated rings. The summed E-state index contributed by atoms with van der Waals surface area (Å²) in [6, 6.07) is 10.9. The Balaban J connectivity index is 1.77. The molecule has 29 heavy (non-hydrogen) atoms. The van der Waals surface area contributed by atoms with Crippen LogP contribution in [-0.2, 0) is 11.3 Å². The highest BCUT2D eigenvalue weighted by Gasteiger charge is 2.35. The molecule has 0 N–H and O–H groups in total. The molecule has 2 aromatic carbocycles. The van der Waals surface area contributed by atoms with E-state index >= 15 is 0 Å². The normalized spacial score (nSPS) is 13.0. The van der Waals surface area contributed by atoms with Crippen LogP contribution in [0, 0.1) is 13.8 Å². The fourth-order valence-electron chi connectivity index (χ4n) is 3.56. The monoisotopic (exact) mass is 394 g/mol. The van der Waals surface area contributed by atoms with E-state index in [2.05, 4.69) is 6.07 Å². The highest BCUT2D eigenvalue weighted by atomic mass is 16.5. The Hall–Kier alpha value is -2.99. The van der Waals surface area contributed by atoms with Crippen LogP contribution < -0.4 is 0 Å². The molecule has 1 aliphatic rings. The van der Waals surface area contributed by atoms with Crippen molar-refractivity contribution in [2.45, 2.75) is 26.8 Å². The topological polar surface area (TPSA) is 66.9 Å². The lowest BCUT2D eigenvalue weighted by Gasteiger charge is -2.19. The Morgan fingerprint density at radius 2 is 1.76 bits per heavy atom. The van der Waals surface area contributed by atoms with Crippen molar-refractivity contribution in [3.63, 3.8) is 0 Å². The van der Waals surface area contributed by atoms with Crippen LogP contribution in [0.1, 0.15) is 54.2 Å². The van der Waals surface area contributed by atoms with E-state index in [1.165, 1.54) is 16.5 Å². The summed E-state index contributed by atoms with van der Waals surface area (Å²) in [6.07, 6.45) is 0.576. The minimum absolute atomic E-state index is 0.189. The van der Waals surface area contributed by atoms with Crippen molar-refractivity contribution in [1.82, 2.24) is 9.80 Å². The number of hydrogen-bond donors (Lipinski definition) is 0. The first-order valence-electron chi connectivity index (χ1n) is 9.64. The third-order valence-electron chi connectivity index (χ3n) is 5.20. The second-order valence-corrected chi connectivity index (χ2v) is 7.46. The number of fused-ring (bicyclic) bond motifs is 1. The van der Waals surface area contributed by atoms with Gasteiger partial charge in [0.05, 0.1) is 11.1 Å². The van der Waals surface area contributed by atoms with Crippen LogP contribution in [0.3, 0.4) is 0 Å². The Bertz CT molecular complexity index is 967. The summed E-state index contributed by atoms with van der Waals surface area (Å²) >= 11 is 0. The second kappa shape index (κ2) is 8.57. The average Bonchev–Trinajstić information content (AvgIpc) is 2.94. The number of imide groups is 1. The number of carbonyl (C=O) groups excluding carboxylic acids is 3. The maximum absolute atomic E-state index is 12.9. The van der Waals surface area contributed by atoms with Gasteiger partial charge in [-0.1, -0.05) is 23.8 Å². The Morgan fingerprint density at radius 3 is 2.45 bits per heavy atom. The Labute approximate surface area is 171 Å². The molecule has 1 heterocycles. The van der Waals surface area contributed by atoms with Crippen LogP contribution in [0.2, 0.25) is 0 Å². The van der Waals surface area contributed by atoms with Crippen molar-refractivity contribution in [3.05, 3.63) is 69.8 Å². The first kappa shape index (κ1) is 20.7. The number of carbonyl (C=O) groups is 3. The highest BCUT2D eigenvalue weighted by Crippen LogP contribution is 2.25. The van der Waals surface area contributed by atoms with Gasteiger partial charge in [-0.15, -0.1) is 0 Å². The number of hydrogen-bond acceptors (Lipinski definition) is 4. The third-order valence-corrected chi connectivity index (χ3v) is 5.20. The van der Waals surface area contributed by atoms with E-state index in [1.807, 2.05) is 26.0 Å². The Kier molecular flexibility index (Phi) is 6.13. The summed E-state index contributed by atoms with van der Waals surface area (Å²) < 4.78 is 4.99. The molecule has 1 aliphatic heterocycles. The van der Waals surface area contributed by atoms with Crippen molar-refractivity contribution in [1.29, 1.82) is 0 Å². The third kappa shape index (κ3) is 4.22. The SMILES string of the molecule is COCCCN1C(=O)c2ccc(C(=O)N(C)Cc3ccc(C)cc3C)cc2C1=O. The summed E-state index contributed by atoms with van der Waals surface area (Å²) in [6.45, 7) is 5.31. The average molecular weight is 394 g/mol. The van der Waals surface area contributed by atoms with Crippen molar-refractivity contribution < 1.29 is 19.1 Å². The van der Waals surface area contributed by atoms with E-state index in [4.69, 9.17) is 4.74 Å². The first-order chi connectivity index (χ1) is 13.8. The molecule has 2 aromatic rings. The molecular formula is C23H26N2O4. The van der Waals surface area contributed by atoms with Crippen LogP contribution in [0.4, 0.5) is 0 Å². The van der Waals surface area contributed by atoms with Crippen LogP contribution in [0.25, 0.3) is 0 Å². The molecule has 6 heteroatoms. The molecule has 6 nitrogen and oxygen atoms in total. The summed E-state index contributed by atoms with van der Waals surface area (Å²) in [4.78, 5) is 40.9. The molecule has 3 rings (SSSR count). The summed E-state index contributed by atoms with van der Waals surface area (Å²) in [5.74, 6) is -0.859. The molecule has 0 spiro atoms. The molecule has 0 aliphatic carbocycles. The fraction of sp³-hybridized carbons (Fsp3) is 0.348. The van der Waals surface area contributed by atoms with Gasteiger partial charge < -0.3 is 9.64 Å². The lowest BCUT2D eigenvalue weighted by Crippen LogP contribution is -2.31. The molecule has 0 atom stereocenters. The van der Waals surface area contributed by atoms with E-state index in [-0.39, 0.29) is 23.3 Å². The number of aryl methyl sites for hydroxylation is 2. The van der Waals surface area contributed by atoms with Crippen molar-refractivity contribution in [2.24, 2.45) is 0 Å². The van der Waals surface area contributed by atoms with E-state index in [0.717, 1.165) is 11.1 Å². The molecule has 152 valence electrons. The zero-order chi connectivity index (χ0) is 21.1. The summed E-state index contributed by atoms with van der Waals surface area (Å²) in [7, 11) is 3.31. The van der Waals surface area contributed by atoms with Crippen LogP contribution in [0.15, 0.2) is 36.4 Å². The molecular weight excluding hydrogens is 368 g/mol. The molecule has 0 aromatic heterocycles. The minimum Gasteiger partial charge on any atom is -0.385 e. The molecule has 0 unspecified atom stereocenters. The second-order valence-electron chi connectivity index (χ2n) is 7.46. The molecule has 0 bridgehead atoms. The van der Waals surface area contributed by atoms with Gasteiger partial charge >= 0.3 is 0 Å². The van der Waals surface area contributed by atoms with Gasteiger partial charge in [-0.05, 0) is 49.6 Å². The predicted molar refractivity (Wildman–Crippen MR) is 110 cm³/mol. The van der Waals surface area contributed by atoms with Gasteiger partial charge in [-0.3, -0.25) is 19.3 Å². The zero-order valence-electron chi connectivity index (χ0n) is 17.3. The van der Waals surface area contributed by atoms with E-state index in [0.29, 0.717) is 37.2 Å². The molecule has 0 radical (unpaired) electrons. The van der Waals surface area contributed by atoms with Gasteiger partial charge in [-0.2, -0.15) is 0 Å². The van der Waals surface area contributed by atoms with Gasteiger partial charge in [-0.25, -0.2) is 0 Å². The van der Waals surface area contributed by atoms with Crippen molar-refractivity contribution in [3.8, 4) is 0 Å².